The van der Waals surface area contributed by atoms with Gasteiger partial charge in [-0.3, -0.25) is 14.5 Å². The number of piperidine rings is 1. The summed E-state index contributed by atoms with van der Waals surface area (Å²) >= 11 is 0. The molecule has 5 rings (SSSR count). The summed E-state index contributed by atoms with van der Waals surface area (Å²) < 4.78 is 12.9. The smallest absolute Gasteiger partial charge is 0.307 e. The van der Waals surface area contributed by atoms with Crippen LogP contribution in [0.1, 0.15) is 46.6 Å². The number of nitrogens with zero attached hydrogens (tertiary/aromatic N) is 3. The van der Waals surface area contributed by atoms with Gasteiger partial charge in [-0.2, -0.15) is 5.10 Å². The standard InChI is InChI=1S/C26H28N4O4/c1-2-33-23-9-8-18(13-27-28-26(32)24-6-4-10-34-24)11-21(23)17-29-14-19-12-20(16-29)22-5-3-7-25(31)30(22)15-19/h3-11,13,19-20H,2,12,14-17H2,1H3,(H,28,32)/b27-13-/t19-,20+/m1/s1. The van der Waals surface area contributed by atoms with Crippen molar-refractivity contribution in [2.75, 3.05) is 19.7 Å². The highest BCUT2D eigenvalue weighted by Gasteiger charge is 2.34. The number of ether oxygens (including phenoxy) is 1. The number of nitrogens with one attached hydrogen (secondary N) is 1. The van der Waals surface area contributed by atoms with E-state index in [1.165, 1.54) is 6.26 Å². The van der Waals surface area contributed by atoms with Gasteiger partial charge in [-0.1, -0.05) is 6.07 Å². The van der Waals surface area contributed by atoms with Crippen LogP contribution in [-0.4, -0.2) is 41.3 Å². The van der Waals surface area contributed by atoms with E-state index in [2.05, 4.69) is 27.6 Å². The molecule has 1 saturated heterocycles. The van der Waals surface area contributed by atoms with Gasteiger partial charge in [0.15, 0.2) is 5.76 Å². The molecule has 1 aromatic carbocycles. The summed E-state index contributed by atoms with van der Waals surface area (Å²) in [5.74, 6) is 1.49. The molecule has 0 saturated carbocycles. The van der Waals surface area contributed by atoms with Crippen LogP contribution in [0.25, 0.3) is 0 Å². The van der Waals surface area contributed by atoms with Crippen molar-refractivity contribution in [3.63, 3.8) is 0 Å². The van der Waals surface area contributed by atoms with Gasteiger partial charge in [-0.05, 0) is 61.2 Å². The Balaban J connectivity index is 1.31. The summed E-state index contributed by atoms with van der Waals surface area (Å²) in [5.41, 5.74) is 5.67. The Morgan fingerprint density at radius 2 is 2.12 bits per heavy atom. The van der Waals surface area contributed by atoms with Crippen LogP contribution < -0.4 is 15.7 Å². The van der Waals surface area contributed by atoms with Gasteiger partial charge in [0.1, 0.15) is 5.75 Å². The minimum atomic E-state index is -0.397. The highest BCUT2D eigenvalue weighted by molar-refractivity contribution is 5.92. The maximum Gasteiger partial charge on any atom is 0.307 e. The summed E-state index contributed by atoms with van der Waals surface area (Å²) in [6.07, 6.45) is 4.19. The Bertz CT molecular complexity index is 1250. The van der Waals surface area contributed by atoms with Crippen molar-refractivity contribution in [2.45, 2.75) is 32.4 Å². The molecule has 2 aliphatic heterocycles. The van der Waals surface area contributed by atoms with Gasteiger partial charge in [-0.25, -0.2) is 5.43 Å². The van der Waals surface area contributed by atoms with Crippen LogP contribution in [0.5, 0.6) is 5.75 Å². The quantitative estimate of drug-likeness (QED) is 0.432. The number of hydrogen-bond donors (Lipinski definition) is 1. The third-order valence-corrected chi connectivity index (χ3v) is 6.46. The lowest BCUT2D eigenvalue weighted by Gasteiger charge is -2.43. The Labute approximate surface area is 197 Å². The van der Waals surface area contributed by atoms with Crippen molar-refractivity contribution >= 4 is 12.1 Å². The minimum absolute atomic E-state index is 0.102. The number of pyridine rings is 1. The second-order valence-corrected chi connectivity index (χ2v) is 8.87. The Morgan fingerprint density at radius 3 is 2.94 bits per heavy atom. The number of carbonyl (C=O) groups excluding carboxylic acids is 1. The van der Waals surface area contributed by atoms with Crippen LogP contribution in [0, 0.1) is 5.92 Å². The fraction of sp³-hybridized carbons (Fsp3) is 0.346. The van der Waals surface area contributed by atoms with Crippen LogP contribution >= 0.6 is 0 Å². The average molecular weight is 461 g/mol. The summed E-state index contributed by atoms with van der Waals surface area (Å²) in [7, 11) is 0. The predicted octanol–water partition coefficient (Wildman–Crippen LogP) is 3.22. The monoisotopic (exact) mass is 460 g/mol. The van der Waals surface area contributed by atoms with E-state index in [4.69, 9.17) is 9.15 Å². The number of rotatable bonds is 7. The first-order valence-electron chi connectivity index (χ1n) is 11.7. The molecule has 2 aromatic heterocycles. The second kappa shape index (κ2) is 9.69. The number of aromatic nitrogens is 1. The molecule has 0 unspecified atom stereocenters. The molecule has 0 radical (unpaired) electrons. The van der Waals surface area contributed by atoms with Crippen molar-refractivity contribution in [3.05, 3.63) is 87.7 Å². The van der Waals surface area contributed by atoms with Crippen molar-refractivity contribution in [1.29, 1.82) is 0 Å². The molecule has 176 valence electrons. The lowest BCUT2D eigenvalue weighted by atomic mass is 9.83. The van der Waals surface area contributed by atoms with Gasteiger partial charge in [0, 0.05) is 49.4 Å². The lowest BCUT2D eigenvalue weighted by molar-refractivity contribution is 0.0927. The van der Waals surface area contributed by atoms with E-state index in [-0.39, 0.29) is 11.3 Å². The molecular weight excluding hydrogens is 432 g/mol. The molecule has 1 amide bonds. The molecule has 34 heavy (non-hydrogen) atoms. The van der Waals surface area contributed by atoms with E-state index < -0.39 is 5.91 Å². The lowest BCUT2D eigenvalue weighted by Crippen LogP contribution is -2.46. The summed E-state index contributed by atoms with van der Waals surface area (Å²) in [4.78, 5) is 26.8. The zero-order valence-electron chi connectivity index (χ0n) is 19.1. The number of carbonyl (C=O) groups is 1. The van der Waals surface area contributed by atoms with Crippen molar-refractivity contribution < 1.29 is 13.9 Å². The normalized spacial score (nSPS) is 19.7. The highest BCUT2D eigenvalue weighted by Crippen LogP contribution is 2.36. The van der Waals surface area contributed by atoms with Gasteiger partial charge in [0.25, 0.3) is 5.56 Å². The molecule has 1 N–H and O–H groups in total. The predicted molar refractivity (Wildman–Crippen MR) is 128 cm³/mol. The molecule has 3 aromatic rings. The first-order valence-corrected chi connectivity index (χ1v) is 11.7. The van der Waals surface area contributed by atoms with E-state index in [1.54, 1.807) is 24.4 Å². The first kappa shape index (κ1) is 22.2. The number of hydrazone groups is 1. The minimum Gasteiger partial charge on any atom is -0.494 e. The van der Waals surface area contributed by atoms with Gasteiger partial charge < -0.3 is 13.7 Å². The van der Waals surface area contributed by atoms with Gasteiger partial charge in [-0.15, -0.1) is 0 Å². The molecule has 8 nitrogen and oxygen atoms in total. The topological polar surface area (TPSA) is 89.1 Å². The Kier molecular flexibility index (Phi) is 6.31. The van der Waals surface area contributed by atoms with E-state index in [9.17, 15) is 9.59 Å². The molecule has 2 aliphatic rings. The maximum atomic E-state index is 12.3. The fourth-order valence-corrected chi connectivity index (χ4v) is 5.09. The summed E-state index contributed by atoms with van der Waals surface area (Å²) in [6, 6.07) is 14.8. The molecule has 8 heteroatoms. The number of likely N-dealkylation sites (tertiary alicyclic amines) is 1. The Morgan fingerprint density at radius 1 is 1.21 bits per heavy atom. The van der Waals surface area contributed by atoms with E-state index in [0.29, 0.717) is 18.4 Å². The molecule has 0 aliphatic carbocycles. The zero-order chi connectivity index (χ0) is 23.5. The second-order valence-electron chi connectivity index (χ2n) is 8.87. The number of furan rings is 1. The SMILES string of the molecule is CCOc1ccc(/C=N\NC(=O)c2ccco2)cc1CN1C[C@H]2C[C@@H](C1)c1cccc(=O)n1C2. The first-order chi connectivity index (χ1) is 16.6. The van der Waals surface area contributed by atoms with Gasteiger partial charge in [0.05, 0.1) is 19.1 Å². The van der Waals surface area contributed by atoms with Crippen LogP contribution in [0.4, 0.5) is 0 Å². The van der Waals surface area contributed by atoms with E-state index in [1.807, 2.05) is 29.7 Å². The third-order valence-electron chi connectivity index (χ3n) is 6.46. The fourth-order valence-electron chi connectivity index (χ4n) is 5.09. The van der Waals surface area contributed by atoms with Crippen LogP contribution in [0.2, 0.25) is 0 Å². The largest absolute Gasteiger partial charge is 0.494 e. The number of amides is 1. The number of fused-ring (bicyclic) bond motifs is 4. The summed E-state index contributed by atoms with van der Waals surface area (Å²) in [6.45, 7) is 5.94. The molecular formula is C26H28N4O4. The molecule has 2 atom stereocenters. The summed E-state index contributed by atoms with van der Waals surface area (Å²) in [5, 5.41) is 4.07. The van der Waals surface area contributed by atoms with Crippen molar-refractivity contribution in [3.8, 4) is 5.75 Å². The van der Waals surface area contributed by atoms with Crippen LogP contribution in [-0.2, 0) is 13.1 Å². The Hall–Kier alpha value is -3.65. The number of hydrogen-bond acceptors (Lipinski definition) is 6. The van der Waals surface area contributed by atoms with Gasteiger partial charge >= 0.3 is 5.91 Å². The number of benzene rings is 1. The maximum absolute atomic E-state index is 12.3. The van der Waals surface area contributed by atoms with E-state index >= 15 is 0 Å². The zero-order valence-corrected chi connectivity index (χ0v) is 19.1. The molecule has 0 spiro atoms. The molecule has 4 heterocycles. The van der Waals surface area contributed by atoms with Crippen molar-refractivity contribution in [2.24, 2.45) is 11.0 Å². The van der Waals surface area contributed by atoms with Crippen LogP contribution in [0.3, 0.4) is 0 Å². The average Bonchev–Trinajstić information content (AvgIpc) is 3.37. The highest BCUT2D eigenvalue weighted by atomic mass is 16.5. The van der Waals surface area contributed by atoms with Crippen molar-refractivity contribution in [1.82, 2.24) is 14.9 Å². The molecule has 1 fully saturated rings. The van der Waals surface area contributed by atoms with E-state index in [0.717, 1.165) is 55.2 Å². The third kappa shape index (κ3) is 4.68. The molecule has 2 bridgehead atoms. The van der Waals surface area contributed by atoms with Gasteiger partial charge in [0.2, 0.25) is 0 Å². The van der Waals surface area contributed by atoms with Crippen LogP contribution in [0.15, 0.2) is 69.1 Å².